The van der Waals surface area contributed by atoms with Gasteiger partial charge >= 0.3 is 0 Å². The Bertz CT molecular complexity index is 2640. The van der Waals surface area contributed by atoms with E-state index >= 15 is 0 Å². The van der Waals surface area contributed by atoms with Crippen LogP contribution in [0.1, 0.15) is 0 Å². The molecule has 46 heavy (non-hydrogen) atoms. The van der Waals surface area contributed by atoms with Crippen LogP contribution in [0.3, 0.4) is 0 Å². The molecule has 0 aliphatic carbocycles. The lowest BCUT2D eigenvalue weighted by Gasteiger charge is -2.30. The van der Waals surface area contributed by atoms with Gasteiger partial charge in [0.1, 0.15) is 17.5 Å². The van der Waals surface area contributed by atoms with Gasteiger partial charge < -0.3 is 18.6 Å². The summed E-state index contributed by atoms with van der Waals surface area (Å²) in [5.74, 6) is 1.62. The number of rotatable bonds is 4. The van der Waals surface area contributed by atoms with Gasteiger partial charge in [-0.2, -0.15) is 0 Å². The molecule has 4 heterocycles. The molecular weight excluding hydrogens is 568 g/mol. The first-order valence-corrected chi connectivity index (χ1v) is 15.2. The first-order chi connectivity index (χ1) is 22.8. The summed E-state index contributed by atoms with van der Waals surface area (Å²) in [7, 11) is 0. The fraction of sp³-hybridized carbons (Fsp3) is 0. The van der Waals surface area contributed by atoms with E-state index in [0.717, 1.165) is 83.9 Å². The summed E-state index contributed by atoms with van der Waals surface area (Å²) in [6.45, 7) is 0. The van der Waals surface area contributed by atoms with Crippen molar-refractivity contribution >= 4 is 60.8 Å². The number of hydrogen-bond acceptors (Lipinski definition) is 5. The quantitative estimate of drug-likeness (QED) is 0.203. The minimum absolute atomic E-state index is 0.803. The number of hydrogen-bond donors (Lipinski definition) is 0. The molecule has 6 nitrogen and oxygen atoms in total. The summed E-state index contributed by atoms with van der Waals surface area (Å²) < 4.78 is 15.4. The Morgan fingerprint density at radius 1 is 0.609 bits per heavy atom. The number of para-hydroxylation sites is 4. The molecule has 0 spiro atoms. The van der Waals surface area contributed by atoms with E-state index in [0.29, 0.717) is 0 Å². The Kier molecular flexibility index (Phi) is 5.19. The monoisotopic (exact) mass is 592 g/mol. The van der Waals surface area contributed by atoms with Crippen LogP contribution < -0.4 is 9.64 Å². The summed E-state index contributed by atoms with van der Waals surface area (Å²) in [6, 6.07) is 46.2. The fourth-order valence-electron chi connectivity index (χ4n) is 6.93. The molecular formula is C40H24N4O2. The maximum absolute atomic E-state index is 6.89. The first kappa shape index (κ1) is 25.0. The predicted molar refractivity (Wildman–Crippen MR) is 184 cm³/mol. The number of ether oxygens (including phenoxy) is 1. The van der Waals surface area contributed by atoms with Crippen LogP contribution >= 0.6 is 0 Å². The van der Waals surface area contributed by atoms with Gasteiger partial charge in [-0.25, -0.2) is 9.97 Å². The van der Waals surface area contributed by atoms with E-state index in [-0.39, 0.29) is 0 Å². The van der Waals surface area contributed by atoms with Gasteiger partial charge in [-0.15, -0.1) is 0 Å². The molecule has 0 saturated heterocycles. The van der Waals surface area contributed by atoms with Gasteiger partial charge in [0.2, 0.25) is 0 Å². The van der Waals surface area contributed by atoms with Gasteiger partial charge in [0.05, 0.1) is 28.1 Å². The molecule has 9 aromatic rings. The fourth-order valence-corrected chi connectivity index (χ4v) is 6.93. The van der Waals surface area contributed by atoms with Crippen LogP contribution in [0, 0.1) is 0 Å². The highest BCUT2D eigenvalue weighted by Gasteiger charge is 2.29. The average Bonchev–Trinajstić information content (AvgIpc) is 3.66. The van der Waals surface area contributed by atoms with Crippen molar-refractivity contribution in [3.05, 3.63) is 146 Å². The van der Waals surface area contributed by atoms with Crippen LogP contribution in [-0.4, -0.2) is 14.5 Å². The van der Waals surface area contributed by atoms with Crippen LogP contribution in [0.15, 0.2) is 150 Å². The molecule has 1 aliphatic heterocycles. The maximum Gasteiger partial charge on any atom is 0.176 e. The predicted octanol–water partition coefficient (Wildman–Crippen LogP) is 10.7. The SMILES string of the molecule is c1cc(-c2ccncn2)cc(N(c2ccc3oc4ccccc4c3c2)c2ccc3c4ccccc4n4c3c2Oc2ccccc2-4)c1. The van der Waals surface area contributed by atoms with Crippen LogP contribution in [0.25, 0.3) is 60.7 Å². The van der Waals surface area contributed by atoms with Crippen molar-refractivity contribution < 1.29 is 9.15 Å². The molecule has 0 fully saturated rings. The smallest absolute Gasteiger partial charge is 0.176 e. The normalized spacial score (nSPS) is 12.1. The van der Waals surface area contributed by atoms with E-state index in [4.69, 9.17) is 9.15 Å². The molecule has 6 aromatic carbocycles. The molecule has 3 aromatic heterocycles. The molecule has 0 amide bonds. The van der Waals surface area contributed by atoms with Crippen LogP contribution in [-0.2, 0) is 0 Å². The Morgan fingerprint density at radius 2 is 1.43 bits per heavy atom. The van der Waals surface area contributed by atoms with Gasteiger partial charge in [0.15, 0.2) is 11.5 Å². The van der Waals surface area contributed by atoms with Crippen molar-refractivity contribution in [3.8, 4) is 28.4 Å². The zero-order chi connectivity index (χ0) is 30.2. The molecule has 0 bridgehead atoms. The van der Waals surface area contributed by atoms with Crippen molar-refractivity contribution in [2.75, 3.05) is 4.90 Å². The second kappa shape index (κ2) is 9.55. The second-order valence-electron chi connectivity index (χ2n) is 11.5. The highest BCUT2D eigenvalue weighted by Crippen LogP contribution is 2.52. The summed E-state index contributed by atoms with van der Waals surface area (Å²) in [5, 5.41) is 4.47. The molecule has 216 valence electrons. The van der Waals surface area contributed by atoms with E-state index in [2.05, 4.69) is 123 Å². The van der Waals surface area contributed by atoms with Crippen molar-refractivity contribution in [2.45, 2.75) is 0 Å². The Balaban J connectivity index is 1.28. The third-order valence-corrected chi connectivity index (χ3v) is 8.93. The highest BCUT2D eigenvalue weighted by atomic mass is 16.5. The summed E-state index contributed by atoms with van der Waals surface area (Å²) >= 11 is 0. The Morgan fingerprint density at radius 3 is 2.37 bits per heavy atom. The van der Waals surface area contributed by atoms with Gasteiger partial charge in [-0.05, 0) is 72.8 Å². The van der Waals surface area contributed by atoms with E-state index < -0.39 is 0 Å². The standard InChI is InChI=1S/C40H24N4O2/c1-3-12-33-28(10-1)30-17-18-35(40-39(30)44(33)34-13-4-6-15-38(34)46-40)43(26-9-7-8-25(22-26)32-20-21-41-24-42-32)27-16-19-37-31(23-27)29-11-2-5-14-36(29)45-37/h1-24H. The molecule has 0 N–H and O–H groups in total. The summed E-state index contributed by atoms with van der Waals surface area (Å²) in [6.07, 6.45) is 3.35. The lowest BCUT2D eigenvalue weighted by atomic mass is 10.1. The van der Waals surface area contributed by atoms with E-state index in [1.54, 1.807) is 12.5 Å². The van der Waals surface area contributed by atoms with E-state index in [1.807, 2.05) is 30.3 Å². The lowest BCUT2D eigenvalue weighted by Crippen LogP contribution is -2.13. The molecule has 0 atom stereocenters. The third-order valence-electron chi connectivity index (χ3n) is 8.93. The highest BCUT2D eigenvalue weighted by molar-refractivity contribution is 6.14. The molecule has 10 rings (SSSR count). The summed E-state index contributed by atoms with van der Waals surface area (Å²) in [5.41, 5.74) is 9.68. The van der Waals surface area contributed by atoms with Crippen molar-refractivity contribution in [2.24, 2.45) is 0 Å². The van der Waals surface area contributed by atoms with Crippen LogP contribution in [0.4, 0.5) is 17.1 Å². The van der Waals surface area contributed by atoms with Gasteiger partial charge in [0.25, 0.3) is 0 Å². The topological polar surface area (TPSA) is 56.3 Å². The molecule has 1 aliphatic rings. The number of benzene rings is 6. The minimum Gasteiger partial charge on any atom is -0.456 e. The molecule has 0 radical (unpaired) electrons. The molecule has 6 heteroatoms. The third kappa shape index (κ3) is 3.58. The zero-order valence-corrected chi connectivity index (χ0v) is 24.5. The first-order valence-electron chi connectivity index (χ1n) is 15.2. The van der Waals surface area contributed by atoms with Crippen LogP contribution in [0.5, 0.6) is 11.5 Å². The average molecular weight is 593 g/mol. The minimum atomic E-state index is 0.803. The van der Waals surface area contributed by atoms with Crippen LogP contribution in [0.2, 0.25) is 0 Å². The zero-order valence-electron chi connectivity index (χ0n) is 24.5. The number of furan rings is 1. The Hall–Kier alpha value is -6.40. The Labute approximate surface area is 263 Å². The van der Waals surface area contributed by atoms with E-state index in [1.165, 1.54) is 5.39 Å². The number of nitrogens with zero attached hydrogens (tertiary/aromatic N) is 4. The number of anilines is 3. The lowest BCUT2D eigenvalue weighted by molar-refractivity contribution is 0.477. The summed E-state index contributed by atoms with van der Waals surface area (Å²) in [4.78, 5) is 10.9. The van der Waals surface area contributed by atoms with Gasteiger partial charge in [-0.1, -0.05) is 60.7 Å². The van der Waals surface area contributed by atoms with Crippen molar-refractivity contribution in [1.82, 2.24) is 14.5 Å². The number of fused-ring (bicyclic) bond motifs is 8. The number of aromatic nitrogens is 3. The maximum atomic E-state index is 6.89. The molecule has 0 unspecified atom stereocenters. The van der Waals surface area contributed by atoms with Crippen molar-refractivity contribution in [1.29, 1.82) is 0 Å². The second-order valence-corrected chi connectivity index (χ2v) is 11.5. The van der Waals surface area contributed by atoms with Crippen molar-refractivity contribution in [3.63, 3.8) is 0 Å². The largest absolute Gasteiger partial charge is 0.456 e. The van der Waals surface area contributed by atoms with Gasteiger partial charge in [-0.3, -0.25) is 0 Å². The molecule has 0 saturated carbocycles. The van der Waals surface area contributed by atoms with E-state index in [9.17, 15) is 0 Å². The van der Waals surface area contributed by atoms with Gasteiger partial charge in [0, 0.05) is 44.7 Å².